The molecule has 98 valence electrons. The normalized spacial score (nSPS) is 29.4. The van der Waals surface area contributed by atoms with Crippen molar-refractivity contribution in [1.29, 1.82) is 0 Å². The Labute approximate surface area is 104 Å². The van der Waals surface area contributed by atoms with Crippen molar-refractivity contribution in [2.24, 2.45) is 5.92 Å². The van der Waals surface area contributed by atoms with Crippen molar-refractivity contribution in [3.05, 3.63) is 0 Å². The summed E-state index contributed by atoms with van der Waals surface area (Å²) in [6.07, 6.45) is 6.02. The number of urea groups is 1. The Morgan fingerprint density at radius 3 is 3.00 bits per heavy atom. The van der Waals surface area contributed by atoms with Crippen LogP contribution in [-0.4, -0.2) is 43.2 Å². The molecule has 0 aromatic carbocycles. The van der Waals surface area contributed by atoms with Crippen LogP contribution in [0.5, 0.6) is 0 Å². The SMILES string of the molecule is CC1CCCN(C(=O)NCCC2CCCN2)C1. The fourth-order valence-electron chi connectivity index (χ4n) is 2.84. The van der Waals surface area contributed by atoms with Crippen LogP contribution in [0.15, 0.2) is 0 Å². The van der Waals surface area contributed by atoms with Crippen molar-refractivity contribution in [3.8, 4) is 0 Å². The number of hydrogen-bond donors (Lipinski definition) is 2. The Morgan fingerprint density at radius 2 is 2.29 bits per heavy atom. The van der Waals surface area contributed by atoms with Crippen molar-refractivity contribution in [2.45, 2.75) is 45.1 Å². The van der Waals surface area contributed by atoms with Gasteiger partial charge >= 0.3 is 6.03 Å². The summed E-state index contributed by atoms with van der Waals surface area (Å²) in [5.41, 5.74) is 0. The van der Waals surface area contributed by atoms with Gasteiger partial charge in [0, 0.05) is 25.7 Å². The van der Waals surface area contributed by atoms with Gasteiger partial charge in [-0.25, -0.2) is 4.79 Å². The van der Waals surface area contributed by atoms with Crippen molar-refractivity contribution in [2.75, 3.05) is 26.2 Å². The second-order valence-corrected chi connectivity index (χ2v) is 5.51. The Hall–Kier alpha value is -0.770. The van der Waals surface area contributed by atoms with E-state index in [1.807, 2.05) is 4.90 Å². The summed E-state index contributed by atoms with van der Waals surface area (Å²) in [7, 11) is 0. The van der Waals surface area contributed by atoms with Crippen LogP contribution in [0.1, 0.15) is 39.0 Å². The maximum Gasteiger partial charge on any atom is 0.317 e. The van der Waals surface area contributed by atoms with Crippen LogP contribution in [0, 0.1) is 5.92 Å². The quantitative estimate of drug-likeness (QED) is 0.785. The fraction of sp³-hybridized carbons (Fsp3) is 0.923. The van der Waals surface area contributed by atoms with E-state index in [0.29, 0.717) is 12.0 Å². The highest BCUT2D eigenvalue weighted by molar-refractivity contribution is 5.74. The molecule has 2 aliphatic rings. The summed E-state index contributed by atoms with van der Waals surface area (Å²) >= 11 is 0. The molecule has 4 nitrogen and oxygen atoms in total. The van der Waals surface area contributed by atoms with Gasteiger partial charge in [-0.15, -0.1) is 0 Å². The van der Waals surface area contributed by atoms with E-state index in [-0.39, 0.29) is 6.03 Å². The third-order valence-corrected chi connectivity index (χ3v) is 3.88. The minimum atomic E-state index is 0.134. The van der Waals surface area contributed by atoms with Crippen LogP contribution >= 0.6 is 0 Å². The summed E-state index contributed by atoms with van der Waals surface area (Å²) < 4.78 is 0. The highest BCUT2D eigenvalue weighted by Crippen LogP contribution is 2.15. The highest BCUT2D eigenvalue weighted by atomic mass is 16.2. The number of hydrogen-bond acceptors (Lipinski definition) is 2. The molecule has 2 saturated heterocycles. The van der Waals surface area contributed by atoms with Crippen molar-refractivity contribution in [1.82, 2.24) is 15.5 Å². The number of nitrogens with zero attached hydrogens (tertiary/aromatic N) is 1. The summed E-state index contributed by atoms with van der Waals surface area (Å²) in [5.74, 6) is 0.658. The van der Waals surface area contributed by atoms with Gasteiger partial charge in [0.2, 0.25) is 0 Å². The standard InChI is InChI=1S/C13H25N3O/c1-11-4-3-9-16(10-11)13(17)15-8-6-12-5-2-7-14-12/h11-12,14H,2-10H2,1H3,(H,15,17). The Morgan fingerprint density at radius 1 is 1.41 bits per heavy atom. The molecule has 4 heteroatoms. The molecule has 0 saturated carbocycles. The smallest absolute Gasteiger partial charge is 0.317 e. The van der Waals surface area contributed by atoms with Crippen molar-refractivity contribution >= 4 is 6.03 Å². The van der Waals surface area contributed by atoms with Gasteiger partial charge in [0.1, 0.15) is 0 Å². The predicted octanol–water partition coefficient (Wildman–Crippen LogP) is 1.57. The molecule has 2 aliphatic heterocycles. The lowest BCUT2D eigenvalue weighted by molar-refractivity contribution is 0.169. The molecule has 0 spiro atoms. The Kier molecular flexibility index (Phi) is 4.66. The molecule has 17 heavy (non-hydrogen) atoms. The fourth-order valence-corrected chi connectivity index (χ4v) is 2.84. The van der Waals surface area contributed by atoms with Gasteiger partial charge in [-0.3, -0.25) is 0 Å². The summed E-state index contributed by atoms with van der Waals surface area (Å²) in [6, 6.07) is 0.755. The highest BCUT2D eigenvalue weighted by Gasteiger charge is 2.21. The Balaban J connectivity index is 1.62. The van der Waals surface area contributed by atoms with Gasteiger partial charge in [0.05, 0.1) is 0 Å². The lowest BCUT2D eigenvalue weighted by atomic mass is 10.0. The number of carbonyl (C=O) groups is 1. The van der Waals surface area contributed by atoms with Crippen LogP contribution in [0.3, 0.4) is 0 Å². The zero-order valence-electron chi connectivity index (χ0n) is 10.9. The van der Waals surface area contributed by atoms with Crippen LogP contribution in [0.25, 0.3) is 0 Å². The predicted molar refractivity (Wildman–Crippen MR) is 69.0 cm³/mol. The van der Waals surface area contributed by atoms with E-state index < -0.39 is 0 Å². The second-order valence-electron chi connectivity index (χ2n) is 5.51. The van der Waals surface area contributed by atoms with E-state index in [1.54, 1.807) is 0 Å². The molecule has 0 aromatic rings. The lowest BCUT2D eigenvalue weighted by Gasteiger charge is -2.31. The molecule has 2 atom stereocenters. The largest absolute Gasteiger partial charge is 0.338 e. The van der Waals surface area contributed by atoms with Gasteiger partial charge in [0.25, 0.3) is 0 Å². The van der Waals surface area contributed by atoms with E-state index in [4.69, 9.17) is 0 Å². The van der Waals surface area contributed by atoms with Gasteiger partial charge < -0.3 is 15.5 Å². The topological polar surface area (TPSA) is 44.4 Å². The van der Waals surface area contributed by atoms with E-state index in [0.717, 1.165) is 39.0 Å². The molecule has 2 amide bonds. The number of amides is 2. The van der Waals surface area contributed by atoms with Gasteiger partial charge in [-0.2, -0.15) is 0 Å². The number of rotatable bonds is 3. The maximum absolute atomic E-state index is 11.9. The van der Waals surface area contributed by atoms with Crippen LogP contribution in [-0.2, 0) is 0 Å². The molecule has 0 bridgehead atoms. The molecule has 2 unspecified atom stereocenters. The summed E-state index contributed by atoms with van der Waals surface area (Å²) in [4.78, 5) is 13.9. The first-order chi connectivity index (χ1) is 8.25. The van der Waals surface area contributed by atoms with E-state index in [9.17, 15) is 4.79 Å². The van der Waals surface area contributed by atoms with E-state index in [2.05, 4.69) is 17.6 Å². The second kappa shape index (κ2) is 6.24. The first-order valence-corrected chi connectivity index (χ1v) is 7.02. The lowest BCUT2D eigenvalue weighted by Crippen LogP contribution is -2.45. The zero-order chi connectivity index (χ0) is 12.1. The average Bonchev–Trinajstić information content (AvgIpc) is 2.82. The molecule has 0 aliphatic carbocycles. The Bertz CT molecular complexity index is 251. The third-order valence-electron chi connectivity index (χ3n) is 3.88. The molecule has 0 radical (unpaired) electrons. The molecule has 2 fully saturated rings. The monoisotopic (exact) mass is 239 g/mol. The number of piperidine rings is 1. The molecule has 2 heterocycles. The van der Waals surface area contributed by atoms with Gasteiger partial charge in [-0.1, -0.05) is 6.92 Å². The minimum absolute atomic E-state index is 0.134. The van der Waals surface area contributed by atoms with Gasteiger partial charge in [0.15, 0.2) is 0 Å². The van der Waals surface area contributed by atoms with E-state index >= 15 is 0 Å². The molecule has 2 rings (SSSR count). The van der Waals surface area contributed by atoms with Crippen molar-refractivity contribution < 1.29 is 4.79 Å². The van der Waals surface area contributed by atoms with Gasteiger partial charge in [-0.05, 0) is 44.6 Å². The average molecular weight is 239 g/mol. The summed E-state index contributed by atoms with van der Waals surface area (Å²) in [6.45, 7) is 6.02. The number of nitrogens with one attached hydrogen (secondary N) is 2. The first-order valence-electron chi connectivity index (χ1n) is 7.02. The summed E-state index contributed by atoms with van der Waals surface area (Å²) in [5, 5.41) is 6.50. The van der Waals surface area contributed by atoms with Crippen LogP contribution in [0.4, 0.5) is 4.79 Å². The molecular formula is C13H25N3O. The number of likely N-dealkylation sites (tertiary alicyclic amines) is 1. The third kappa shape index (κ3) is 3.87. The molecular weight excluding hydrogens is 214 g/mol. The maximum atomic E-state index is 11.9. The molecule has 0 aromatic heterocycles. The first kappa shape index (κ1) is 12.7. The van der Waals surface area contributed by atoms with Crippen LogP contribution < -0.4 is 10.6 Å². The van der Waals surface area contributed by atoms with Crippen LogP contribution in [0.2, 0.25) is 0 Å². The zero-order valence-corrected chi connectivity index (χ0v) is 10.9. The minimum Gasteiger partial charge on any atom is -0.338 e. The number of carbonyl (C=O) groups excluding carboxylic acids is 1. The molecule has 2 N–H and O–H groups in total. The van der Waals surface area contributed by atoms with E-state index in [1.165, 1.54) is 19.3 Å². The van der Waals surface area contributed by atoms with Crippen molar-refractivity contribution in [3.63, 3.8) is 0 Å².